The Hall–Kier alpha value is -1.23. The van der Waals surface area contributed by atoms with Gasteiger partial charge >= 0.3 is 0 Å². The van der Waals surface area contributed by atoms with Crippen molar-refractivity contribution in [2.45, 2.75) is 26.3 Å². The van der Waals surface area contributed by atoms with Crippen LogP contribution in [0.1, 0.15) is 28.3 Å². The van der Waals surface area contributed by atoms with E-state index in [0.717, 1.165) is 5.56 Å². The number of nitrogens with one attached hydrogen (secondary N) is 1. The van der Waals surface area contributed by atoms with Crippen molar-refractivity contribution in [3.05, 3.63) is 68.9 Å². The van der Waals surface area contributed by atoms with Crippen LogP contribution in [0.5, 0.6) is 0 Å². The van der Waals surface area contributed by atoms with Crippen molar-refractivity contribution in [2.75, 3.05) is 0 Å². The topological polar surface area (TPSA) is 38.0 Å². The molecule has 2 aromatic carbocycles. The molecule has 3 N–H and O–H groups in total. The summed E-state index contributed by atoms with van der Waals surface area (Å²) < 4.78 is 14.6. The third-order valence-electron chi connectivity index (χ3n) is 3.57. The molecule has 1 unspecified atom stereocenters. The lowest BCUT2D eigenvalue weighted by Crippen LogP contribution is -2.30. The van der Waals surface area contributed by atoms with E-state index >= 15 is 0 Å². The van der Waals surface area contributed by atoms with Gasteiger partial charge in [0.05, 0.1) is 10.5 Å². The van der Waals surface area contributed by atoms with Crippen molar-refractivity contribution in [1.29, 1.82) is 0 Å². The van der Waals surface area contributed by atoms with Crippen LogP contribution in [-0.4, -0.2) is 0 Å². The SMILES string of the molecule is Cc1ccc(CC(NN)c2cccc(Br)c2F)cc1C. The molecule has 0 aromatic heterocycles. The first kappa shape index (κ1) is 15.2. The van der Waals surface area contributed by atoms with Crippen molar-refractivity contribution in [2.24, 2.45) is 5.84 Å². The van der Waals surface area contributed by atoms with Crippen LogP contribution in [0.4, 0.5) is 4.39 Å². The zero-order valence-corrected chi connectivity index (χ0v) is 13.2. The van der Waals surface area contributed by atoms with Crippen molar-refractivity contribution in [3.8, 4) is 0 Å². The molecule has 4 heteroatoms. The Morgan fingerprint density at radius 1 is 1.20 bits per heavy atom. The largest absolute Gasteiger partial charge is 0.271 e. The molecule has 2 aromatic rings. The minimum atomic E-state index is -0.265. The molecule has 0 bridgehead atoms. The number of benzene rings is 2. The minimum absolute atomic E-state index is 0.255. The van der Waals surface area contributed by atoms with Gasteiger partial charge in [-0.2, -0.15) is 0 Å². The zero-order chi connectivity index (χ0) is 14.7. The molecule has 0 aliphatic rings. The van der Waals surface area contributed by atoms with E-state index in [1.54, 1.807) is 12.1 Å². The van der Waals surface area contributed by atoms with Gasteiger partial charge < -0.3 is 0 Å². The fourth-order valence-electron chi connectivity index (χ4n) is 2.21. The fourth-order valence-corrected chi connectivity index (χ4v) is 2.60. The second-order valence-corrected chi connectivity index (χ2v) is 5.84. The maximum atomic E-state index is 14.1. The molecule has 20 heavy (non-hydrogen) atoms. The van der Waals surface area contributed by atoms with E-state index in [-0.39, 0.29) is 11.9 Å². The number of nitrogens with two attached hydrogens (primary N) is 1. The summed E-state index contributed by atoms with van der Waals surface area (Å²) in [5.41, 5.74) is 6.89. The van der Waals surface area contributed by atoms with E-state index in [1.165, 1.54) is 11.1 Å². The van der Waals surface area contributed by atoms with Crippen LogP contribution in [-0.2, 0) is 6.42 Å². The molecule has 0 saturated heterocycles. The molecule has 2 rings (SSSR count). The zero-order valence-electron chi connectivity index (χ0n) is 11.6. The molecule has 106 valence electrons. The van der Waals surface area contributed by atoms with Crippen LogP contribution >= 0.6 is 15.9 Å². The summed E-state index contributed by atoms with van der Waals surface area (Å²) in [5.74, 6) is 5.34. The Balaban J connectivity index is 2.28. The minimum Gasteiger partial charge on any atom is -0.271 e. The summed E-state index contributed by atoms with van der Waals surface area (Å²) in [6.45, 7) is 4.15. The molecule has 2 nitrogen and oxygen atoms in total. The lowest BCUT2D eigenvalue weighted by molar-refractivity contribution is 0.508. The highest BCUT2D eigenvalue weighted by Crippen LogP contribution is 2.26. The first-order valence-electron chi connectivity index (χ1n) is 6.49. The van der Waals surface area contributed by atoms with E-state index < -0.39 is 0 Å². The number of hydrogen-bond acceptors (Lipinski definition) is 2. The smallest absolute Gasteiger partial charge is 0.142 e. The monoisotopic (exact) mass is 336 g/mol. The molecule has 0 aliphatic heterocycles. The van der Waals surface area contributed by atoms with Crippen molar-refractivity contribution in [1.82, 2.24) is 5.43 Å². The number of rotatable bonds is 4. The Labute approximate surface area is 127 Å². The maximum absolute atomic E-state index is 14.1. The molecule has 0 spiro atoms. The molecule has 0 fully saturated rings. The number of halogens is 2. The quantitative estimate of drug-likeness (QED) is 0.655. The first-order valence-corrected chi connectivity index (χ1v) is 7.28. The summed E-state index contributed by atoms with van der Waals surface area (Å²) in [6, 6.07) is 11.3. The summed E-state index contributed by atoms with van der Waals surface area (Å²) in [4.78, 5) is 0. The third-order valence-corrected chi connectivity index (χ3v) is 4.18. The van der Waals surface area contributed by atoms with Crippen LogP contribution in [0.25, 0.3) is 0 Å². The Morgan fingerprint density at radius 3 is 2.60 bits per heavy atom. The predicted octanol–water partition coefficient (Wildman–Crippen LogP) is 3.95. The predicted molar refractivity (Wildman–Crippen MR) is 83.8 cm³/mol. The average Bonchev–Trinajstić information content (AvgIpc) is 2.43. The summed E-state index contributed by atoms with van der Waals surface area (Å²) in [6.07, 6.45) is 0.644. The number of hydrazine groups is 1. The van der Waals surface area contributed by atoms with E-state index in [0.29, 0.717) is 16.5 Å². The molecule has 0 amide bonds. The lowest BCUT2D eigenvalue weighted by atomic mass is 9.96. The van der Waals surface area contributed by atoms with Gasteiger partial charge in [-0.1, -0.05) is 30.3 Å². The first-order chi connectivity index (χ1) is 9.52. The van der Waals surface area contributed by atoms with Crippen LogP contribution in [0.2, 0.25) is 0 Å². The van der Waals surface area contributed by atoms with Crippen LogP contribution in [0.15, 0.2) is 40.9 Å². The van der Waals surface area contributed by atoms with E-state index in [4.69, 9.17) is 5.84 Å². The van der Waals surface area contributed by atoms with Crippen molar-refractivity contribution >= 4 is 15.9 Å². The Morgan fingerprint density at radius 2 is 1.95 bits per heavy atom. The molecular weight excluding hydrogens is 319 g/mol. The van der Waals surface area contributed by atoms with Gasteiger partial charge in [0.2, 0.25) is 0 Å². The van der Waals surface area contributed by atoms with Gasteiger partial charge in [-0.15, -0.1) is 0 Å². The van der Waals surface area contributed by atoms with Crippen molar-refractivity contribution < 1.29 is 4.39 Å². The highest BCUT2D eigenvalue weighted by atomic mass is 79.9. The fraction of sp³-hybridized carbons (Fsp3) is 0.250. The van der Waals surface area contributed by atoms with E-state index in [9.17, 15) is 4.39 Å². The van der Waals surface area contributed by atoms with E-state index in [1.807, 2.05) is 6.07 Å². The van der Waals surface area contributed by atoms with Gasteiger partial charge in [-0.05, 0) is 59.0 Å². The van der Waals surface area contributed by atoms with Gasteiger partial charge in [0.15, 0.2) is 0 Å². The van der Waals surface area contributed by atoms with Crippen molar-refractivity contribution in [3.63, 3.8) is 0 Å². The van der Waals surface area contributed by atoms with Gasteiger partial charge in [0.25, 0.3) is 0 Å². The van der Waals surface area contributed by atoms with Gasteiger partial charge in [0, 0.05) is 5.56 Å². The molecule has 0 aliphatic carbocycles. The second-order valence-electron chi connectivity index (χ2n) is 4.99. The summed E-state index contributed by atoms with van der Waals surface area (Å²) >= 11 is 3.21. The van der Waals surface area contributed by atoms with Gasteiger partial charge in [0.1, 0.15) is 5.82 Å². The lowest BCUT2D eigenvalue weighted by Gasteiger charge is -2.18. The molecule has 0 heterocycles. The Kier molecular flexibility index (Phi) is 4.91. The summed E-state index contributed by atoms with van der Waals surface area (Å²) in [5, 5.41) is 0. The molecule has 1 atom stereocenters. The molecular formula is C16H18BrFN2. The molecule has 0 saturated carbocycles. The Bertz CT molecular complexity index is 613. The molecule has 0 radical (unpaired) electrons. The van der Waals surface area contributed by atoms with Crippen LogP contribution in [0, 0.1) is 19.7 Å². The number of aryl methyl sites for hydroxylation is 2. The highest BCUT2D eigenvalue weighted by molar-refractivity contribution is 9.10. The highest BCUT2D eigenvalue weighted by Gasteiger charge is 2.16. The van der Waals surface area contributed by atoms with Gasteiger partial charge in [-0.3, -0.25) is 11.3 Å². The maximum Gasteiger partial charge on any atom is 0.142 e. The standard InChI is InChI=1S/C16H18BrFN2/c1-10-6-7-12(8-11(10)2)9-15(20-19)13-4-3-5-14(17)16(13)18/h3-8,15,20H,9,19H2,1-2H3. The van der Waals surface area contributed by atoms with Crippen LogP contribution < -0.4 is 11.3 Å². The van der Waals surface area contributed by atoms with Gasteiger partial charge in [-0.25, -0.2) is 4.39 Å². The summed E-state index contributed by atoms with van der Waals surface area (Å²) in [7, 11) is 0. The number of hydrogen-bond donors (Lipinski definition) is 2. The van der Waals surface area contributed by atoms with E-state index in [2.05, 4.69) is 53.4 Å². The van der Waals surface area contributed by atoms with Crippen LogP contribution in [0.3, 0.4) is 0 Å². The normalized spacial score (nSPS) is 12.4. The third kappa shape index (κ3) is 3.26. The average molecular weight is 337 g/mol. The second kappa shape index (κ2) is 6.48.